The fraction of sp³-hybridized carbons (Fsp3) is 0.333. The lowest BCUT2D eigenvalue weighted by Gasteiger charge is -2.22. The molecule has 0 saturated carbocycles. The van der Waals surface area contributed by atoms with Crippen LogP contribution < -0.4 is 10.1 Å². The summed E-state index contributed by atoms with van der Waals surface area (Å²) in [4.78, 5) is 28.8. The van der Waals surface area contributed by atoms with Crippen molar-refractivity contribution in [3.8, 4) is 5.75 Å². The molecule has 0 atom stereocenters. The Morgan fingerprint density at radius 3 is 2.58 bits per heavy atom. The van der Waals surface area contributed by atoms with Crippen LogP contribution >= 0.6 is 23.2 Å². The van der Waals surface area contributed by atoms with E-state index in [1.54, 1.807) is 29.2 Å². The van der Waals surface area contributed by atoms with E-state index in [4.69, 9.17) is 23.2 Å². The Morgan fingerprint density at radius 1 is 1.06 bits per heavy atom. The molecule has 31 heavy (non-hydrogen) atoms. The van der Waals surface area contributed by atoms with E-state index in [9.17, 15) is 18.4 Å². The Bertz CT molecular complexity index is 946. The second-order valence-corrected chi connectivity index (χ2v) is 7.85. The molecule has 0 aliphatic carbocycles. The molecule has 3 rings (SSSR count). The first-order chi connectivity index (χ1) is 14.8. The number of amides is 2. The van der Waals surface area contributed by atoms with Crippen LogP contribution in [0.4, 0.5) is 14.5 Å². The van der Waals surface area contributed by atoms with Gasteiger partial charge in [-0.1, -0.05) is 29.3 Å². The molecule has 0 aromatic heterocycles. The normalized spacial score (nSPS) is 14.9. The quantitative estimate of drug-likeness (QED) is 0.678. The van der Waals surface area contributed by atoms with Gasteiger partial charge in [-0.05, 0) is 42.8 Å². The number of hydrogen-bond donors (Lipinski definition) is 1. The number of hydrogen-bond acceptors (Lipinski definition) is 4. The Hall–Kier alpha value is -2.42. The molecule has 2 aromatic rings. The standard InChI is InChI=1S/C21H21Cl2F2N3O3/c22-15-4-1-3-14(11-15)20(30)28-8-2-7-27(9-10-28)13-19(29)26-16-5-6-18(17(23)12-16)31-21(24)25/h1,3-6,11-12,21H,2,7-10,13H2,(H,26,29). The molecular weight excluding hydrogens is 451 g/mol. The number of anilines is 1. The number of rotatable bonds is 6. The number of nitrogens with one attached hydrogen (secondary N) is 1. The summed E-state index contributed by atoms with van der Waals surface area (Å²) in [6, 6.07) is 10.9. The number of halogens is 4. The van der Waals surface area contributed by atoms with Crippen molar-refractivity contribution >= 4 is 40.7 Å². The van der Waals surface area contributed by atoms with Gasteiger partial charge in [0.2, 0.25) is 5.91 Å². The minimum absolute atomic E-state index is 0.0250. The largest absolute Gasteiger partial charge is 0.433 e. The smallest absolute Gasteiger partial charge is 0.387 e. The topological polar surface area (TPSA) is 61.9 Å². The summed E-state index contributed by atoms with van der Waals surface area (Å²) in [6.07, 6.45) is 0.727. The third-order valence-corrected chi connectivity index (χ3v) is 5.28. The Kier molecular flexibility index (Phi) is 8.06. The maximum absolute atomic E-state index is 12.7. The second kappa shape index (κ2) is 10.7. The van der Waals surface area contributed by atoms with Gasteiger partial charge in [-0.2, -0.15) is 8.78 Å². The van der Waals surface area contributed by atoms with Crippen LogP contribution in [-0.2, 0) is 4.79 Å². The van der Waals surface area contributed by atoms with E-state index in [0.717, 1.165) is 6.42 Å². The molecule has 1 fully saturated rings. The number of ether oxygens (including phenoxy) is 1. The van der Waals surface area contributed by atoms with Crippen molar-refractivity contribution in [2.24, 2.45) is 0 Å². The molecule has 2 amide bonds. The van der Waals surface area contributed by atoms with Gasteiger partial charge >= 0.3 is 6.61 Å². The first-order valence-electron chi connectivity index (χ1n) is 9.63. The molecule has 0 spiro atoms. The number of nitrogens with zero attached hydrogens (tertiary/aromatic N) is 2. The molecule has 0 radical (unpaired) electrons. The molecule has 1 aliphatic heterocycles. The molecule has 1 saturated heterocycles. The predicted octanol–water partition coefficient (Wildman–Crippen LogP) is 4.38. The zero-order valence-corrected chi connectivity index (χ0v) is 18.0. The lowest BCUT2D eigenvalue weighted by molar-refractivity contribution is -0.117. The zero-order valence-electron chi connectivity index (χ0n) is 16.5. The monoisotopic (exact) mass is 471 g/mol. The van der Waals surface area contributed by atoms with Gasteiger partial charge in [0.15, 0.2) is 0 Å². The highest BCUT2D eigenvalue weighted by Crippen LogP contribution is 2.29. The number of carbonyl (C=O) groups is 2. The summed E-state index contributed by atoms with van der Waals surface area (Å²) in [5.74, 6) is -0.519. The van der Waals surface area contributed by atoms with Crippen molar-refractivity contribution in [3.63, 3.8) is 0 Å². The Balaban J connectivity index is 1.52. The summed E-state index contributed by atoms with van der Waals surface area (Å²) < 4.78 is 28.9. The van der Waals surface area contributed by atoms with Gasteiger partial charge in [-0.15, -0.1) is 0 Å². The maximum atomic E-state index is 12.7. The van der Waals surface area contributed by atoms with E-state index >= 15 is 0 Å². The minimum Gasteiger partial charge on any atom is -0.433 e. The summed E-state index contributed by atoms with van der Waals surface area (Å²) in [6.45, 7) is -0.566. The molecule has 2 aromatic carbocycles. The number of benzene rings is 2. The van der Waals surface area contributed by atoms with E-state index in [1.165, 1.54) is 18.2 Å². The molecule has 6 nitrogen and oxygen atoms in total. The molecule has 1 heterocycles. The van der Waals surface area contributed by atoms with Crippen molar-refractivity contribution in [1.29, 1.82) is 0 Å². The first-order valence-corrected chi connectivity index (χ1v) is 10.4. The van der Waals surface area contributed by atoms with Crippen LogP contribution in [0.2, 0.25) is 10.0 Å². The molecule has 0 unspecified atom stereocenters. The fourth-order valence-corrected chi connectivity index (χ4v) is 3.73. The summed E-state index contributed by atoms with van der Waals surface area (Å²) >= 11 is 11.9. The summed E-state index contributed by atoms with van der Waals surface area (Å²) in [5.41, 5.74) is 0.916. The van der Waals surface area contributed by atoms with Crippen LogP contribution in [-0.4, -0.2) is 60.9 Å². The highest BCUT2D eigenvalue weighted by molar-refractivity contribution is 6.32. The highest BCUT2D eigenvalue weighted by atomic mass is 35.5. The van der Waals surface area contributed by atoms with Crippen molar-refractivity contribution in [2.75, 3.05) is 38.0 Å². The van der Waals surface area contributed by atoms with Crippen molar-refractivity contribution < 1.29 is 23.1 Å². The number of carbonyl (C=O) groups excluding carboxylic acids is 2. The van der Waals surface area contributed by atoms with Crippen LogP contribution in [0.3, 0.4) is 0 Å². The average molecular weight is 472 g/mol. The maximum Gasteiger partial charge on any atom is 0.387 e. The van der Waals surface area contributed by atoms with Crippen LogP contribution in [0.25, 0.3) is 0 Å². The zero-order chi connectivity index (χ0) is 22.4. The van der Waals surface area contributed by atoms with Crippen LogP contribution in [0.5, 0.6) is 5.75 Å². The van der Waals surface area contributed by atoms with Gasteiger partial charge in [0.1, 0.15) is 5.75 Å². The molecule has 1 N–H and O–H groups in total. The van der Waals surface area contributed by atoms with E-state index in [-0.39, 0.29) is 29.1 Å². The molecule has 10 heteroatoms. The van der Waals surface area contributed by atoms with Crippen LogP contribution in [0, 0.1) is 0 Å². The lowest BCUT2D eigenvalue weighted by atomic mass is 10.2. The molecule has 166 valence electrons. The van der Waals surface area contributed by atoms with E-state index in [0.29, 0.717) is 42.5 Å². The first kappa shape index (κ1) is 23.2. The van der Waals surface area contributed by atoms with Crippen molar-refractivity contribution in [3.05, 3.63) is 58.1 Å². The third kappa shape index (κ3) is 6.78. The van der Waals surface area contributed by atoms with Crippen molar-refractivity contribution in [1.82, 2.24) is 9.80 Å². The van der Waals surface area contributed by atoms with Gasteiger partial charge in [0, 0.05) is 42.5 Å². The van der Waals surface area contributed by atoms with Gasteiger partial charge in [-0.3, -0.25) is 14.5 Å². The Morgan fingerprint density at radius 2 is 1.87 bits per heavy atom. The number of alkyl halides is 2. The SMILES string of the molecule is O=C(CN1CCCN(C(=O)c2cccc(Cl)c2)CC1)Nc1ccc(OC(F)F)c(Cl)c1. The van der Waals surface area contributed by atoms with E-state index in [2.05, 4.69) is 10.1 Å². The molecule has 0 bridgehead atoms. The van der Waals surface area contributed by atoms with Crippen LogP contribution in [0.1, 0.15) is 16.8 Å². The van der Waals surface area contributed by atoms with Crippen molar-refractivity contribution in [2.45, 2.75) is 13.0 Å². The fourth-order valence-electron chi connectivity index (χ4n) is 3.31. The lowest BCUT2D eigenvalue weighted by Crippen LogP contribution is -2.38. The van der Waals surface area contributed by atoms with E-state index in [1.807, 2.05) is 4.90 Å². The van der Waals surface area contributed by atoms with Crippen LogP contribution in [0.15, 0.2) is 42.5 Å². The molecular formula is C21H21Cl2F2N3O3. The average Bonchev–Trinajstić information content (AvgIpc) is 2.94. The van der Waals surface area contributed by atoms with E-state index < -0.39 is 6.61 Å². The highest BCUT2D eigenvalue weighted by Gasteiger charge is 2.22. The minimum atomic E-state index is -2.98. The van der Waals surface area contributed by atoms with Gasteiger partial charge in [0.25, 0.3) is 5.91 Å². The summed E-state index contributed by atoms with van der Waals surface area (Å²) in [7, 11) is 0. The Labute approximate surface area is 188 Å². The van der Waals surface area contributed by atoms with Gasteiger partial charge in [0.05, 0.1) is 11.6 Å². The molecule has 1 aliphatic rings. The van der Waals surface area contributed by atoms with Gasteiger partial charge in [-0.25, -0.2) is 0 Å². The second-order valence-electron chi connectivity index (χ2n) is 7.00. The predicted molar refractivity (Wildman–Crippen MR) is 115 cm³/mol. The summed E-state index contributed by atoms with van der Waals surface area (Å²) in [5, 5.41) is 3.18. The third-order valence-electron chi connectivity index (χ3n) is 4.75. The van der Waals surface area contributed by atoms with Gasteiger partial charge < -0.3 is 15.0 Å².